The monoisotopic (exact) mass is 297 g/mol. The van der Waals surface area contributed by atoms with Gasteiger partial charge < -0.3 is 19.9 Å². The number of hydrogen-bond acceptors (Lipinski definition) is 5. The van der Waals surface area contributed by atoms with Crippen molar-refractivity contribution in [1.29, 1.82) is 0 Å². The summed E-state index contributed by atoms with van der Waals surface area (Å²) < 4.78 is 5.09. The highest BCUT2D eigenvalue weighted by atomic mass is 16.5. The first kappa shape index (κ1) is 16.7. The molecule has 0 aromatic heterocycles. The van der Waals surface area contributed by atoms with E-state index >= 15 is 0 Å². The lowest BCUT2D eigenvalue weighted by Crippen LogP contribution is -2.63. The van der Waals surface area contributed by atoms with Crippen molar-refractivity contribution < 1.29 is 9.53 Å². The Balaban J connectivity index is 2.04. The quantitative estimate of drug-likeness (QED) is 0.676. The fraction of sp³-hybridized carbons (Fsp3) is 0.938. The van der Waals surface area contributed by atoms with Crippen molar-refractivity contribution in [2.75, 3.05) is 48.4 Å². The van der Waals surface area contributed by atoms with Crippen molar-refractivity contribution in [2.24, 2.45) is 5.92 Å². The largest absolute Gasteiger partial charge is 0.468 e. The van der Waals surface area contributed by atoms with E-state index in [0.717, 1.165) is 25.9 Å². The van der Waals surface area contributed by atoms with Gasteiger partial charge in [-0.2, -0.15) is 0 Å². The zero-order chi connectivity index (χ0) is 15.7. The van der Waals surface area contributed by atoms with E-state index in [-0.39, 0.29) is 11.5 Å². The van der Waals surface area contributed by atoms with Crippen molar-refractivity contribution in [1.82, 2.24) is 15.1 Å². The van der Waals surface area contributed by atoms with Crippen LogP contribution in [-0.4, -0.2) is 75.2 Å². The van der Waals surface area contributed by atoms with E-state index in [1.54, 1.807) is 0 Å². The van der Waals surface area contributed by atoms with E-state index in [2.05, 4.69) is 36.3 Å². The maximum atomic E-state index is 12.3. The minimum atomic E-state index is -0.541. The Kier molecular flexibility index (Phi) is 4.96. The second kappa shape index (κ2) is 6.23. The molecule has 0 aliphatic heterocycles. The molecule has 0 aromatic rings. The zero-order valence-corrected chi connectivity index (χ0v) is 14.2. The molecule has 2 rings (SSSR count). The molecule has 1 atom stereocenters. The number of carbonyl (C=O) groups excluding carboxylic acids is 1. The van der Waals surface area contributed by atoms with Gasteiger partial charge in [-0.1, -0.05) is 0 Å². The number of nitrogens with zero attached hydrogens (tertiary/aromatic N) is 2. The first-order valence-corrected chi connectivity index (χ1v) is 8.03. The Hall–Kier alpha value is -0.650. The summed E-state index contributed by atoms with van der Waals surface area (Å²) >= 11 is 0. The van der Waals surface area contributed by atoms with E-state index in [4.69, 9.17) is 4.74 Å². The molecule has 0 radical (unpaired) electrons. The van der Waals surface area contributed by atoms with E-state index in [1.165, 1.54) is 26.4 Å². The molecule has 21 heavy (non-hydrogen) atoms. The van der Waals surface area contributed by atoms with Crippen LogP contribution in [0.3, 0.4) is 0 Å². The molecular formula is C16H31N3O2. The van der Waals surface area contributed by atoms with E-state index in [9.17, 15) is 4.79 Å². The van der Waals surface area contributed by atoms with Gasteiger partial charge in [-0.15, -0.1) is 0 Å². The molecule has 5 nitrogen and oxygen atoms in total. The van der Waals surface area contributed by atoms with Gasteiger partial charge in [-0.05, 0) is 66.2 Å². The van der Waals surface area contributed by atoms with Gasteiger partial charge in [0, 0.05) is 18.6 Å². The van der Waals surface area contributed by atoms with Crippen molar-refractivity contribution >= 4 is 5.97 Å². The molecule has 122 valence electrons. The predicted molar refractivity (Wildman–Crippen MR) is 84.3 cm³/mol. The molecule has 5 heteroatoms. The lowest BCUT2D eigenvalue weighted by Gasteiger charge is -2.50. The summed E-state index contributed by atoms with van der Waals surface area (Å²) in [6.45, 7) is 1.73. The van der Waals surface area contributed by atoms with Crippen LogP contribution in [0.4, 0.5) is 0 Å². The van der Waals surface area contributed by atoms with Crippen LogP contribution < -0.4 is 5.32 Å². The first-order valence-electron chi connectivity index (χ1n) is 8.03. The fourth-order valence-electron chi connectivity index (χ4n) is 3.82. The van der Waals surface area contributed by atoms with Gasteiger partial charge in [0.25, 0.3) is 0 Å². The Bertz CT molecular complexity index is 378. The lowest BCUT2D eigenvalue weighted by atomic mass is 9.75. The van der Waals surface area contributed by atoms with Crippen LogP contribution in [0.5, 0.6) is 0 Å². The molecule has 1 unspecified atom stereocenters. The Morgan fingerprint density at radius 2 is 1.95 bits per heavy atom. The van der Waals surface area contributed by atoms with Crippen molar-refractivity contribution in [2.45, 2.75) is 43.2 Å². The van der Waals surface area contributed by atoms with Crippen molar-refractivity contribution in [3.63, 3.8) is 0 Å². The molecule has 1 N–H and O–H groups in total. The summed E-state index contributed by atoms with van der Waals surface area (Å²) in [6, 6.07) is 0. The number of hydrogen-bond donors (Lipinski definition) is 1. The van der Waals surface area contributed by atoms with Crippen molar-refractivity contribution in [3.8, 4) is 0 Å². The maximum absolute atomic E-state index is 12.3. The van der Waals surface area contributed by atoms with Crippen LogP contribution in [0.15, 0.2) is 0 Å². The number of ether oxygens (including phenoxy) is 1. The van der Waals surface area contributed by atoms with Gasteiger partial charge in [-0.25, -0.2) is 4.79 Å². The molecule has 2 saturated carbocycles. The summed E-state index contributed by atoms with van der Waals surface area (Å²) in [5.41, 5.74) is -0.255. The minimum absolute atomic E-state index is 0.119. The summed E-state index contributed by atoms with van der Waals surface area (Å²) in [6.07, 6.45) is 6.03. The Morgan fingerprint density at radius 1 is 1.33 bits per heavy atom. The molecule has 0 heterocycles. The number of methoxy groups -OCH3 is 1. The standard InChI is InChI=1S/C16H31N3O2/c1-17-16(13-7-8-13,14(20)21-5)12-19(4)11-15(18(2)3)9-6-10-15/h13,17H,6-12H2,1-5H3. The SMILES string of the molecule is CNC(CN(C)CC1(N(C)C)CCC1)(C(=O)OC)C1CC1. The fourth-order valence-corrected chi connectivity index (χ4v) is 3.82. The summed E-state index contributed by atoms with van der Waals surface area (Å²) in [5, 5.41) is 3.28. The van der Waals surface area contributed by atoms with Gasteiger partial charge in [0.05, 0.1) is 7.11 Å². The first-order chi connectivity index (χ1) is 9.90. The number of esters is 1. The molecule has 0 spiro atoms. The van der Waals surface area contributed by atoms with Gasteiger partial charge in [0.15, 0.2) is 0 Å². The average molecular weight is 297 g/mol. The molecule has 2 fully saturated rings. The van der Waals surface area contributed by atoms with Gasteiger partial charge in [0.1, 0.15) is 5.54 Å². The summed E-state index contributed by atoms with van der Waals surface area (Å²) in [7, 11) is 9.83. The summed E-state index contributed by atoms with van der Waals surface area (Å²) in [4.78, 5) is 17.0. The third-order valence-electron chi connectivity index (χ3n) is 5.59. The van der Waals surface area contributed by atoms with Gasteiger partial charge >= 0.3 is 5.97 Å². The van der Waals surface area contributed by atoms with Crippen LogP contribution in [0.2, 0.25) is 0 Å². The highest BCUT2D eigenvalue weighted by Gasteiger charge is 2.52. The predicted octanol–water partition coefficient (Wildman–Crippen LogP) is 0.944. The van der Waals surface area contributed by atoms with Crippen LogP contribution in [0.25, 0.3) is 0 Å². The normalized spacial score (nSPS) is 23.8. The number of likely N-dealkylation sites (N-methyl/N-ethyl adjacent to an activating group) is 3. The maximum Gasteiger partial charge on any atom is 0.327 e. The van der Waals surface area contributed by atoms with Crippen LogP contribution >= 0.6 is 0 Å². The van der Waals surface area contributed by atoms with Gasteiger partial charge in [0.2, 0.25) is 0 Å². The number of rotatable bonds is 8. The molecule has 2 aliphatic carbocycles. The second-order valence-corrected chi connectivity index (χ2v) is 7.13. The zero-order valence-electron chi connectivity index (χ0n) is 14.2. The van der Waals surface area contributed by atoms with E-state index in [0.29, 0.717) is 5.92 Å². The van der Waals surface area contributed by atoms with Crippen molar-refractivity contribution in [3.05, 3.63) is 0 Å². The van der Waals surface area contributed by atoms with Gasteiger partial charge in [-0.3, -0.25) is 0 Å². The second-order valence-electron chi connectivity index (χ2n) is 7.13. The highest BCUT2D eigenvalue weighted by molar-refractivity contribution is 5.82. The molecule has 2 aliphatic rings. The van der Waals surface area contributed by atoms with E-state index in [1.807, 2.05) is 7.05 Å². The Morgan fingerprint density at radius 3 is 2.29 bits per heavy atom. The lowest BCUT2D eigenvalue weighted by molar-refractivity contribution is -0.150. The summed E-state index contributed by atoms with van der Waals surface area (Å²) in [5.74, 6) is 0.293. The molecule has 0 saturated heterocycles. The minimum Gasteiger partial charge on any atom is -0.468 e. The topological polar surface area (TPSA) is 44.8 Å². The smallest absolute Gasteiger partial charge is 0.327 e. The third-order valence-corrected chi connectivity index (χ3v) is 5.59. The van der Waals surface area contributed by atoms with Crippen LogP contribution in [-0.2, 0) is 9.53 Å². The molecule has 0 aromatic carbocycles. The average Bonchev–Trinajstić information content (AvgIpc) is 3.23. The molecular weight excluding hydrogens is 266 g/mol. The van der Waals surface area contributed by atoms with Crippen LogP contribution in [0.1, 0.15) is 32.1 Å². The molecule has 0 bridgehead atoms. The Labute approximate surface area is 129 Å². The van der Waals surface area contributed by atoms with Crippen LogP contribution in [0, 0.1) is 5.92 Å². The highest BCUT2D eigenvalue weighted by Crippen LogP contribution is 2.42. The molecule has 0 amide bonds. The number of carbonyl (C=O) groups is 1. The third kappa shape index (κ3) is 3.10. The number of nitrogens with one attached hydrogen (secondary N) is 1. The van der Waals surface area contributed by atoms with E-state index < -0.39 is 5.54 Å².